The third-order valence-electron chi connectivity index (χ3n) is 1.22. The Bertz CT molecular complexity index is 290. The normalized spacial score (nSPS) is 9.50. The van der Waals surface area contributed by atoms with Gasteiger partial charge in [-0.05, 0) is 19.9 Å². The number of nitrogens with two attached hydrogens (primary N) is 1. The van der Waals surface area contributed by atoms with Crippen LogP contribution in [0.15, 0.2) is 6.07 Å². The molecule has 64 valence electrons. The number of nitrogens with one attached hydrogen (secondary N) is 1. The molecule has 1 aromatic rings. The van der Waals surface area contributed by atoms with Crippen LogP contribution in [0.5, 0.6) is 0 Å². The van der Waals surface area contributed by atoms with Crippen molar-refractivity contribution < 1.29 is 4.79 Å². The number of aromatic nitrogens is 2. The van der Waals surface area contributed by atoms with Crippen LogP contribution in [0.1, 0.15) is 11.4 Å². The van der Waals surface area contributed by atoms with Crippen LogP contribution in [0.3, 0.4) is 0 Å². The summed E-state index contributed by atoms with van der Waals surface area (Å²) in [6.07, 6.45) is 0. The summed E-state index contributed by atoms with van der Waals surface area (Å²) in [5, 5.41) is 2.30. The molecule has 0 aliphatic heterocycles. The number of primary amides is 1. The number of aryl methyl sites for hydroxylation is 2. The average Bonchev–Trinajstić information content (AvgIpc) is 1.81. The molecule has 0 aliphatic rings. The van der Waals surface area contributed by atoms with Gasteiger partial charge in [0.15, 0.2) is 0 Å². The molecular weight excluding hydrogens is 156 g/mol. The molecular formula is C7H10N4O. The van der Waals surface area contributed by atoms with Crippen molar-refractivity contribution in [3.05, 3.63) is 17.5 Å². The fourth-order valence-corrected chi connectivity index (χ4v) is 0.892. The van der Waals surface area contributed by atoms with Gasteiger partial charge >= 0.3 is 6.03 Å². The van der Waals surface area contributed by atoms with Crippen molar-refractivity contribution in [2.24, 2.45) is 5.73 Å². The molecule has 1 rings (SSSR count). The van der Waals surface area contributed by atoms with E-state index >= 15 is 0 Å². The van der Waals surface area contributed by atoms with Crippen LogP contribution in [0, 0.1) is 13.8 Å². The molecule has 2 amide bonds. The first-order chi connectivity index (χ1) is 5.58. The van der Waals surface area contributed by atoms with E-state index < -0.39 is 6.03 Å². The monoisotopic (exact) mass is 166 g/mol. The van der Waals surface area contributed by atoms with E-state index in [4.69, 9.17) is 5.73 Å². The Hall–Kier alpha value is -1.65. The van der Waals surface area contributed by atoms with Crippen LogP contribution in [0.25, 0.3) is 0 Å². The SMILES string of the molecule is Cc1cc(C)nc(NC(N)=O)n1. The summed E-state index contributed by atoms with van der Waals surface area (Å²) in [6, 6.07) is 1.16. The number of carbonyl (C=O) groups is 1. The second-order valence-corrected chi connectivity index (χ2v) is 2.46. The highest BCUT2D eigenvalue weighted by Gasteiger charge is 2.00. The van der Waals surface area contributed by atoms with Crippen LogP contribution < -0.4 is 11.1 Å². The Morgan fingerprint density at radius 2 is 1.92 bits per heavy atom. The predicted octanol–water partition coefficient (Wildman–Crippen LogP) is 0.584. The predicted molar refractivity (Wildman–Crippen MR) is 44.7 cm³/mol. The van der Waals surface area contributed by atoms with Gasteiger partial charge in [-0.1, -0.05) is 0 Å². The number of anilines is 1. The lowest BCUT2D eigenvalue weighted by Crippen LogP contribution is -2.21. The smallest absolute Gasteiger partial charge is 0.319 e. The second kappa shape index (κ2) is 3.17. The summed E-state index contributed by atoms with van der Waals surface area (Å²) < 4.78 is 0. The number of urea groups is 1. The van der Waals surface area contributed by atoms with E-state index in [0.29, 0.717) is 0 Å². The van der Waals surface area contributed by atoms with E-state index in [0.717, 1.165) is 11.4 Å². The van der Waals surface area contributed by atoms with Gasteiger partial charge in [0.2, 0.25) is 5.95 Å². The molecule has 0 saturated heterocycles. The molecule has 0 saturated carbocycles. The van der Waals surface area contributed by atoms with Crippen molar-refractivity contribution in [2.75, 3.05) is 5.32 Å². The minimum Gasteiger partial charge on any atom is -0.351 e. The number of nitrogens with zero attached hydrogens (tertiary/aromatic N) is 2. The lowest BCUT2D eigenvalue weighted by Gasteiger charge is -2.01. The number of amides is 2. The molecule has 3 N–H and O–H groups in total. The minimum atomic E-state index is -0.653. The average molecular weight is 166 g/mol. The molecule has 0 bridgehead atoms. The topological polar surface area (TPSA) is 80.9 Å². The molecule has 1 heterocycles. The number of carbonyl (C=O) groups excluding carboxylic acids is 1. The molecule has 0 radical (unpaired) electrons. The van der Waals surface area contributed by atoms with Crippen LogP contribution in [-0.2, 0) is 0 Å². The van der Waals surface area contributed by atoms with Crippen molar-refractivity contribution in [3.8, 4) is 0 Å². The first kappa shape index (κ1) is 8.45. The molecule has 5 nitrogen and oxygen atoms in total. The van der Waals surface area contributed by atoms with E-state index in [1.54, 1.807) is 0 Å². The first-order valence-corrected chi connectivity index (χ1v) is 3.46. The Kier molecular flexibility index (Phi) is 2.23. The minimum absolute atomic E-state index is 0.250. The first-order valence-electron chi connectivity index (χ1n) is 3.46. The largest absolute Gasteiger partial charge is 0.351 e. The fourth-order valence-electron chi connectivity index (χ4n) is 0.892. The van der Waals surface area contributed by atoms with Gasteiger partial charge in [0.05, 0.1) is 0 Å². The van der Waals surface area contributed by atoms with Crippen molar-refractivity contribution >= 4 is 12.0 Å². The van der Waals surface area contributed by atoms with Crippen LogP contribution in [0.4, 0.5) is 10.7 Å². The lowest BCUT2D eigenvalue weighted by molar-refractivity contribution is 0.259. The van der Waals surface area contributed by atoms with Gasteiger partial charge in [-0.2, -0.15) is 0 Å². The van der Waals surface area contributed by atoms with Crippen molar-refractivity contribution in [1.29, 1.82) is 0 Å². The highest BCUT2D eigenvalue weighted by Crippen LogP contribution is 2.02. The third kappa shape index (κ3) is 2.19. The zero-order chi connectivity index (χ0) is 9.14. The maximum atomic E-state index is 10.4. The van der Waals surface area contributed by atoms with Crippen LogP contribution in [-0.4, -0.2) is 16.0 Å². The third-order valence-corrected chi connectivity index (χ3v) is 1.22. The van der Waals surface area contributed by atoms with Crippen LogP contribution >= 0.6 is 0 Å². The zero-order valence-electron chi connectivity index (χ0n) is 6.96. The van der Waals surface area contributed by atoms with E-state index in [1.807, 2.05) is 19.9 Å². The van der Waals surface area contributed by atoms with E-state index in [9.17, 15) is 4.79 Å². The molecule has 0 unspecified atom stereocenters. The Morgan fingerprint density at radius 1 is 1.42 bits per heavy atom. The summed E-state index contributed by atoms with van der Waals surface area (Å²) in [5.41, 5.74) is 6.49. The number of hydrogen-bond acceptors (Lipinski definition) is 3. The zero-order valence-corrected chi connectivity index (χ0v) is 6.96. The van der Waals surface area contributed by atoms with Crippen molar-refractivity contribution in [3.63, 3.8) is 0 Å². The standard InChI is InChI=1S/C7H10N4O/c1-4-3-5(2)10-7(9-4)11-6(8)12/h3H,1-2H3,(H3,8,9,10,11,12). The van der Waals surface area contributed by atoms with Crippen LogP contribution in [0.2, 0.25) is 0 Å². The molecule has 5 heteroatoms. The molecule has 0 atom stereocenters. The van der Waals surface area contributed by atoms with Gasteiger partial charge in [0.25, 0.3) is 0 Å². The van der Waals surface area contributed by atoms with E-state index in [1.165, 1.54) is 0 Å². The Labute approximate surface area is 70.0 Å². The molecule has 12 heavy (non-hydrogen) atoms. The van der Waals surface area contributed by atoms with E-state index in [-0.39, 0.29) is 5.95 Å². The highest BCUT2D eigenvalue weighted by atomic mass is 16.2. The molecule has 0 fully saturated rings. The summed E-state index contributed by atoms with van der Waals surface area (Å²) in [7, 11) is 0. The van der Waals surface area contributed by atoms with Gasteiger partial charge < -0.3 is 5.73 Å². The van der Waals surface area contributed by atoms with Gasteiger partial charge in [-0.15, -0.1) is 0 Å². The lowest BCUT2D eigenvalue weighted by atomic mass is 10.4. The summed E-state index contributed by atoms with van der Waals surface area (Å²) in [5.74, 6) is 0.250. The molecule has 0 aliphatic carbocycles. The van der Waals surface area contributed by atoms with Gasteiger partial charge in [-0.3, -0.25) is 5.32 Å². The van der Waals surface area contributed by atoms with E-state index in [2.05, 4.69) is 15.3 Å². The summed E-state index contributed by atoms with van der Waals surface area (Å²) >= 11 is 0. The second-order valence-electron chi connectivity index (χ2n) is 2.46. The summed E-state index contributed by atoms with van der Waals surface area (Å²) in [4.78, 5) is 18.3. The fraction of sp³-hybridized carbons (Fsp3) is 0.286. The molecule has 1 aromatic heterocycles. The summed E-state index contributed by atoms with van der Waals surface area (Å²) in [6.45, 7) is 3.64. The van der Waals surface area contributed by atoms with Gasteiger partial charge in [0.1, 0.15) is 0 Å². The highest BCUT2D eigenvalue weighted by molar-refractivity contribution is 5.85. The molecule has 0 aromatic carbocycles. The van der Waals surface area contributed by atoms with Gasteiger partial charge in [0, 0.05) is 11.4 Å². The van der Waals surface area contributed by atoms with Gasteiger partial charge in [-0.25, -0.2) is 14.8 Å². The maximum absolute atomic E-state index is 10.4. The number of hydrogen-bond donors (Lipinski definition) is 2. The Balaban J connectivity index is 2.93. The van der Waals surface area contributed by atoms with Crippen molar-refractivity contribution in [2.45, 2.75) is 13.8 Å². The quantitative estimate of drug-likeness (QED) is 0.640. The van der Waals surface area contributed by atoms with Crippen molar-refractivity contribution in [1.82, 2.24) is 9.97 Å². The Morgan fingerprint density at radius 3 is 2.33 bits per heavy atom. The maximum Gasteiger partial charge on any atom is 0.319 e. The number of rotatable bonds is 1. The molecule has 0 spiro atoms.